The van der Waals surface area contributed by atoms with Crippen LogP contribution >= 0.6 is 11.6 Å². The van der Waals surface area contributed by atoms with E-state index in [0.29, 0.717) is 11.8 Å². The summed E-state index contributed by atoms with van der Waals surface area (Å²) in [5.74, 6) is 1.11. The van der Waals surface area contributed by atoms with Crippen LogP contribution in [-0.2, 0) is 6.54 Å². The molecule has 2 unspecified atom stereocenters. The molecule has 154 valence electrons. The van der Waals surface area contributed by atoms with Crippen molar-refractivity contribution in [1.29, 1.82) is 0 Å². The normalized spacial score (nSPS) is 24.5. The van der Waals surface area contributed by atoms with Gasteiger partial charge in [-0.3, -0.25) is 4.90 Å². The molecule has 0 N–H and O–H groups in total. The lowest BCUT2D eigenvalue weighted by Gasteiger charge is -2.26. The van der Waals surface area contributed by atoms with Crippen LogP contribution in [0, 0.1) is 18.8 Å². The summed E-state index contributed by atoms with van der Waals surface area (Å²) >= 11 is 6.30. The molecule has 6 nitrogen and oxygen atoms in total. The largest absolute Gasteiger partial charge is 0.371 e. The zero-order chi connectivity index (χ0) is 20.0. The van der Waals surface area contributed by atoms with Gasteiger partial charge >= 0.3 is 6.03 Å². The highest BCUT2D eigenvalue weighted by atomic mass is 35.5. The van der Waals surface area contributed by atoms with Crippen LogP contribution in [0.4, 0.5) is 10.5 Å². The van der Waals surface area contributed by atoms with Gasteiger partial charge in [0.2, 0.25) is 0 Å². The van der Waals surface area contributed by atoms with Crippen molar-refractivity contribution in [1.82, 2.24) is 19.6 Å². The van der Waals surface area contributed by atoms with E-state index in [1.165, 1.54) is 28.8 Å². The maximum absolute atomic E-state index is 12.7. The minimum absolute atomic E-state index is 0.00747. The van der Waals surface area contributed by atoms with E-state index in [1.807, 2.05) is 24.1 Å². The number of rotatable bonds is 3. The molecule has 2 aromatic rings. The highest BCUT2D eigenvalue weighted by Crippen LogP contribution is 2.34. The van der Waals surface area contributed by atoms with Gasteiger partial charge in [-0.2, -0.15) is 9.78 Å². The van der Waals surface area contributed by atoms with Gasteiger partial charge in [-0.05, 0) is 54.9 Å². The topological polar surface area (TPSA) is 44.6 Å². The Bertz CT molecular complexity index is 892. The first kappa shape index (κ1) is 18.9. The molecule has 2 atom stereocenters. The van der Waals surface area contributed by atoms with Crippen LogP contribution in [0.2, 0.25) is 5.02 Å². The summed E-state index contributed by atoms with van der Waals surface area (Å²) in [5, 5.41) is 5.00. The number of halogens is 1. The fraction of sp³-hybridized carbons (Fsp3) is 0.545. The van der Waals surface area contributed by atoms with Crippen molar-refractivity contribution in [3.8, 4) is 0 Å². The molecule has 3 saturated heterocycles. The number of carbonyl (C=O) groups is 1. The third-order valence-electron chi connectivity index (χ3n) is 6.63. The van der Waals surface area contributed by atoms with Crippen LogP contribution in [0.1, 0.15) is 24.0 Å². The zero-order valence-corrected chi connectivity index (χ0v) is 17.7. The summed E-state index contributed by atoms with van der Waals surface area (Å²) in [6.45, 7) is 8.94. The molecular formula is C22H28ClN5O. The van der Waals surface area contributed by atoms with Gasteiger partial charge in [-0.1, -0.05) is 17.7 Å². The van der Waals surface area contributed by atoms with Crippen molar-refractivity contribution in [2.24, 2.45) is 11.8 Å². The van der Waals surface area contributed by atoms with Gasteiger partial charge in [-0.25, -0.2) is 4.79 Å². The molecule has 3 fully saturated rings. The fourth-order valence-corrected chi connectivity index (χ4v) is 5.37. The maximum atomic E-state index is 12.7. The second-order valence-electron chi connectivity index (χ2n) is 8.83. The van der Waals surface area contributed by atoms with E-state index < -0.39 is 0 Å². The van der Waals surface area contributed by atoms with Crippen LogP contribution in [0.3, 0.4) is 0 Å². The molecule has 1 amide bonds. The van der Waals surface area contributed by atoms with Crippen molar-refractivity contribution in [3.05, 3.63) is 46.7 Å². The predicted molar refractivity (Wildman–Crippen MR) is 114 cm³/mol. The number of benzene rings is 1. The Hall–Kier alpha value is -2.05. The predicted octanol–water partition coefficient (Wildman–Crippen LogP) is 3.48. The van der Waals surface area contributed by atoms with Crippen molar-refractivity contribution in [3.63, 3.8) is 0 Å². The lowest BCUT2D eigenvalue weighted by molar-refractivity contribution is 0.197. The number of hydrogen-bond acceptors (Lipinski definition) is 4. The minimum atomic E-state index is 0.00747. The van der Waals surface area contributed by atoms with E-state index >= 15 is 0 Å². The Morgan fingerprint density at radius 2 is 1.86 bits per heavy atom. The molecule has 1 aromatic heterocycles. The molecule has 1 aromatic carbocycles. The maximum Gasteiger partial charge on any atom is 0.344 e. The van der Waals surface area contributed by atoms with Gasteiger partial charge in [0.15, 0.2) is 0 Å². The second-order valence-corrected chi connectivity index (χ2v) is 9.27. The number of likely N-dealkylation sites (tertiary alicyclic amines) is 2. The Kier molecular flexibility index (Phi) is 5.00. The Balaban J connectivity index is 1.23. The van der Waals surface area contributed by atoms with Crippen molar-refractivity contribution >= 4 is 23.3 Å². The van der Waals surface area contributed by atoms with E-state index in [1.54, 1.807) is 6.20 Å². The third kappa shape index (κ3) is 3.76. The molecule has 3 aliphatic heterocycles. The number of amides is 1. The van der Waals surface area contributed by atoms with E-state index in [9.17, 15) is 4.79 Å². The summed E-state index contributed by atoms with van der Waals surface area (Å²) < 4.78 is 1.48. The summed E-state index contributed by atoms with van der Waals surface area (Å²) in [5.41, 5.74) is 3.69. The van der Waals surface area contributed by atoms with E-state index in [2.05, 4.69) is 27.0 Å². The van der Waals surface area contributed by atoms with Gasteiger partial charge in [-0.15, -0.1) is 0 Å². The molecule has 0 spiro atoms. The van der Waals surface area contributed by atoms with Gasteiger partial charge in [0.25, 0.3) is 0 Å². The highest BCUT2D eigenvalue weighted by Gasteiger charge is 2.42. The molecular weight excluding hydrogens is 386 g/mol. The van der Waals surface area contributed by atoms with Crippen LogP contribution in [0.25, 0.3) is 0 Å². The number of aromatic nitrogens is 2. The van der Waals surface area contributed by atoms with Gasteiger partial charge in [0.05, 0.1) is 6.20 Å². The number of nitrogens with zero attached hydrogens (tertiary/aromatic N) is 5. The molecule has 0 aliphatic carbocycles. The van der Waals surface area contributed by atoms with E-state index in [4.69, 9.17) is 11.6 Å². The summed E-state index contributed by atoms with van der Waals surface area (Å²) in [6.07, 6.45) is 6.07. The van der Waals surface area contributed by atoms with Crippen molar-refractivity contribution < 1.29 is 4.79 Å². The average molecular weight is 414 g/mol. The molecule has 0 radical (unpaired) electrons. The highest BCUT2D eigenvalue weighted by molar-refractivity contribution is 6.30. The van der Waals surface area contributed by atoms with Crippen LogP contribution in [0.5, 0.6) is 0 Å². The Morgan fingerprint density at radius 1 is 1.14 bits per heavy atom. The number of hydrogen-bond donors (Lipinski definition) is 0. The third-order valence-corrected chi connectivity index (χ3v) is 6.86. The SMILES string of the molecule is Cc1cnn(C(=O)N2CC3CN(Cc4ccc(Cl)cc4N4CCCC4)CC3C2)c1. The molecule has 7 heteroatoms. The first-order valence-electron chi connectivity index (χ1n) is 10.6. The lowest BCUT2D eigenvalue weighted by Crippen LogP contribution is -2.36. The Labute approximate surface area is 177 Å². The lowest BCUT2D eigenvalue weighted by atomic mass is 10.0. The fourth-order valence-electron chi connectivity index (χ4n) is 5.20. The second kappa shape index (κ2) is 7.65. The summed E-state index contributed by atoms with van der Waals surface area (Å²) in [6, 6.07) is 6.35. The molecule has 4 heterocycles. The van der Waals surface area contributed by atoms with Crippen molar-refractivity contribution in [2.75, 3.05) is 44.2 Å². The Morgan fingerprint density at radius 3 is 2.52 bits per heavy atom. The van der Waals surface area contributed by atoms with E-state index in [0.717, 1.165) is 56.4 Å². The quantitative estimate of drug-likeness (QED) is 0.772. The number of anilines is 1. The summed E-state index contributed by atoms with van der Waals surface area (Å²) in [4.78, 5) is 19.7. The number of aryl methyl sites for hydroxylation is 1. The first-order valence-corrected chi connectivity index (χ1v) is 11.0. The van der Waals surface area contributed by atoms with Crippen LogP contribution < -0.4 is 4.90 Å². The molecule has 0 bridgehead atoms. The first-order chi connectivity index (χ1) is 14.1. The van der Waals surface area contributed by atoms with Crippen molar-refractivity contribution in [2.45, 2.75) is 26.3 Å². The number of fused-ring (bicyclic) bond motifs is 1. The van der Waals surface area contributed by atoms with Crippen LogP contribution in [-0.4, -0.2) is 64.9 Å². The van der Waals surface area contributed by atoms with Crippen LogP contribution in [0.15, 0.2) is 30.6 Å². The monoisotopic (exact) mass is 413 g/mol. The zero-order valence-electron chi connectivity index (χ0n) is 16.9. The smallest absolute Gasteiger partial charge is 0.344 e. The minimum Gasteiger partial charge on any atom is -0.371 e. The molecule has 3 aliphatic rings. The summed E-state index contributed by atoms with van der Waals surface area (Å²) in [7, 11) is 0. The van der Waals surface area contributed by atoms with Gasteiger partial charge in [0.1, 0.15) is 0 Å². The van der Waals surface area contributed by atoms with Gasteiger partial charge < -0.3 is 9.80 Å². The molecule has 5 rings (SSSR count). The van der Waals surface area contributed by atoms with Gasteiger partial charge in [0, 0.05) is 62.7 Å². The molecule has 0 saturated carbocycles. The standard InChI is InChI=1S/C22H28ClN5O/c1-16-9-24-28(10-16)22(29)27-14-18-12-25(13-19(18)15-27)11-17-4-5-20(23)8-21(17)26-6-2-3-7-26/h4-5,8-10,18-19H,2-3,6-7,11-15H2,1H3. The molecule has 29 heavy (non-hydrogen) atoms. The number of carbonyl (C=O) groups excluding carboxylic acids is 1. The average Bonchev–Trinajstić information content (AvgIpc) is 3.46. The van der Waals surface area contributed by atoms with E-state index in [-0.39, 0.29) is 6.03 Å².